The molecule has 15 heavy (non-hydrogen) atoms. The minimum absolute atomic E-state index is 0.324. The van der Waals surface area contributed by atoms with Crippen LogP contribution < -0.4 is 0 Å². The lowest BCUT2D eigenvalue weighted by molar-refractivity contribution is 0.0255. The summed E-state index contributed by atoms with van der Waals surface area (Å²) in [6.07, 6.45) is 0.369. The molecular formula is C11H18N2O2. The smallest absolute Gasteiger partial charge is 0.411 e. The Kier molecular flexibility index (Phi) is 3.23. The normalized spacial score (nSPS) is 26.2. The summed E-state index contributed by atoms with van der Waals surface area (Å²) >= 11 is 0. The molecule has 0 aromatic carbocycles. The topological polar surface area (TPSA) is 53.3 Å². The van der Waals surface area contributed by atoms with Gasteiger partial charge in [-0.1, -0.05) is 6.92 Å². The first-order valence-corrected chi connectivity index (χ1v) is 5.22. The van der Waals surface area contributed by atoms with E-state index in [-0.39, 0.29) is 12.1 Å². The molecular weight excluding hydrogens is 192 g/mol. The van der Waals surface area contributed by atoms with E-state index in [0.29, 0.717) is 12.5 Å². The molecule has 0 radical (unpaired) electrons. The van der Waals surface area contributed by atoms with Crippen molar-refractivity contribution in [3.05, 3.63) is 0 Å². The average Bonchev–Trinajstić information content (AvgIpc) is 2.43. The molecule has 0 aliphatic carbocycles. The highest BCUT2D eigenvalue weighted by atomic mass is 16.6. The lowest BCUT2D eigenvalue weighted by Crippen LogP contribution is -2.39. The number of rotatable bonds is 0. The van der Waals surface area contributed by atoms with E-state index in [1.807, 2.05) is 27.7 Å². The fourth-order valence-electron chi connectivity index (χ4n) is 1.69. The van der Waals surface area contributed by atoms with Gasteiger partial charge in [0.2, 0.25) is 0 Å². The lowest BCUT2D eigenvalue weighted by Gasteiger charge is -2.25. The van der Waals surface area contributed by atoms with E-state index in [4.69, 9.17) is 10.00 Å². The molecule has 0 aromatic rings. The molecule has 1 heterocycles. The molecule has 0 aromatic heterocycles. The van der Waals surface area contributed by atoms with Crippen LogP contribution >= 0.6 is 0 Å². The first-order chi connectivity index (χ1) is 6.83. The summed E-state index contributed by atoms with van der Waals surface area (Å²) in [5.74, 6) is 0.377. The molecule has 1 aliphatic heterocycles. The lowest BCUT2D eigenvalue weighted by atomic mass is 10.1. The zero-order valence-corrected chi connectivity index (χ0v) is 9.78. The van der Waals surface area contributed by atoms with Crippen molar-refractivity contribution in [3.63, 3.8) is 0 Å². The molecule has 0 bridgehead atoms. The van der Waals surface area contributed by atoms with Crippen molar-refractivity contribution in [2.24, 2.45) is 5.92 Å². The summed E-state index contributed by atoms with van der Waals surface area (Å²) in [5.41, 5.74) is -0.497. The largest absolute Gasteiger partial charge is 0.444 e. The Morgan fingerprint density at radius 3 is 2.60 bits per heavy atom. The van der Waals surface area contributed by atoms with Gasteiger partial charge >= 0.3 is 6.09 Å². The summed E-state index contributed by atoms with van der Waals surface area (Å²) in [6.45, 7) is 8.13. The average molecular weight is 210 g/mol. The minimum Gasteiger partial charge on any atom is -0.444 e. The van der Waals surface area contributed by atoms with Crippen LogP contribution in [-0.2, 0) is 4.74 Å². The number of hydrogen-bond donors (Lipinski definition) is 0. The Morgan fingerprint density at radius 1 is 1.53 bits per heavy atom. The van der Waals surface area contributed by atoms with Crippen LogP contribution in [0.25, 0.3) is 0 Å². The maximum Gasteiger partial charge on any atom is 0.411 e. The number of carbonyl (C=O) groups excluding carboxylic acids is 1. The molecule has 0 N–H and O–H groups in total. The first-order valence-electron chi connectivity index (χ1n) is 5.22. The standard InChI is InChI=1S/C11H18N2O2/c1-8-5-9(6-12)13(7-8)10(14)15-11(2,3)4/h8-9H,5,7H2,1-4H3/t8-,9-/m1/s1. The fraction of sp³-hybridized carbons (Fsp3) is 0.818. The van der Waals surface area contributed by atoms with E-state index in [9.17, 15) is 4.79 Å². The van der Waals surface area contributed by atoms with Gasteiger partial charge in [-0.2, -0.15) is 5.26 Å². The Labute approximate surface area is 90.8 Å². The SMILES string of the molecule is C[C@@H]1C[C@H](C#N)N(C(=O)OC(C)(C)C)C1. The van der Waals surface area contributed by atoms with Crippen LogP contribution in [-0.4, -0.2) is 29.2 Å². The molecule has 0 saturated carbocycles. The summed E-state index contributed by atoms with van der Waals surface area (Å²) in [5, 5.41) is 8.90. The van der Waals surface area contributed by atoms with Crippen molar-refractivity contribution < 1.29 is 9.53 Å². The first kappa shape index (κ1) is 11.8. The molecule has 84 valence electrons. The van der Waals surface area contributed by atoms with Crippen molar-refractivity contribution in [1.29, 1.82) is 5.26 Å². The van der Waals surface area contributed by atoms with Crippen LogP contribution in [0.4, 0.5) is 4.79 Å². The van der Waals surface area contributed by atoms with E-state index < -0.39 is 5.60 Å². The van der Waals surface area contributed by atoms with Crippen molar-refractivity contribution >= 4 is 6.09 Å². The van der Waals surface area contributed by atoms with E-state index in [2.05, 4.69) is 6.07 Å². The Morgan fingerprint density at radius 2 is 2.13 bits per heavy atom. The Bertz CT molecular complexity index is 288. The van der Waals surface area contributed by atoms with E-state index in [1.165, 1.54) is 4.90 Å². The van der Waals surface area contributed by atoms with Crippen molar-refractivity contribution in [3.8, 4) is 6.07 Å². The molecule has 4 heteroatoms. The van der Waals surface area contributed by atoms with Gasteiger partial charge in [-0.05, 0) is 33.1 Å². The molecule has 1 amide bonds. The van der Waals surface area contributed by atoms with Gasteiger partial charge in [-0.3, -0.25) is 4.90 Å². The predicted octanol–water partition coefficient (Wildman–Crippen LogP) is 2.16. The van der Waals surface area contributed by atoms with E-state index in [0.717, 1.165) is 6.42 Å². The highest BCUT2D eigenvalue weighted by molar-refractivity contribution is 5.69. The van der Waals surface area contributed by atoms with Crippen LogP contribution in [0.15, 0.2) is 0 Å². The second kappa shape index (κ2) is 4.09. The zero-order valence-electron chi connectivity index (χ0n) is 9.78. The quantitative estimate of drug-likeness (QED) is 0.615. The van der Waals surface area contributed by atoms with Gasteiger partial charge in [0, 0.05) is 6.54 Å². The van der Waals surface area contributed by atoms with Crippen LogP contribution in [0.1, 0.15) is 34.1 Å². The second-order valence-corrected chi connectivity index (χ2v) is 5.12. The summed E-state index contributed by atoms with van der Waals surface area (Å²) < 4.78 is 5.24. The summed E-state index contributed by atoms with van der Waals surface area (Å²) in [4.78, 5) is 13.3. The Hall–Kier alpha value is -1.24. The monoisotopic (exact) mass is 210 g/mol. The summed E-state index contributed by atoms with van der Waals surface area (Å²) in [7, 11) is 0. The predicted molar refractivity (Wildman–Crippen MR) is 56.1 cm³/mol. The van der Waals surface area contributed by atoms with Crippen LogP contribution in [0.5, 0.6) is 0 Å². The number of carbonyl (C=O) groups is 1. The van der Waals surface area contributed by atoms with Gasteiger partial charge in [0.25, 0.3) is 0 Å². The van der Waals surface area contributed by atoms with E-state index >= 15 is 0 Å². The van der Waals surface area contributed by atoms with Crippen molar-refractivity contribution in [2.75, 3.05) is 6.54 Å². The van der Waals surface area contributed by atoms with Gasteiger partial charge < -0.3 is 4.74 Å². The number of ether oxygens (including phenoxy) is 1. The third kappa shape index (κ3) is 3.12. The third-order valence-electron chi connectivity index (χ3n) is 2.29. The number of likely N-dealkylation sites (tertiary alicyclic amines) is 1. The highest BCUT2D eigenvalue weighted by Gasteiger charge is 2.35. The van der Waals surface area contributed by atoms with Crippen LogP contribution in [0.3, 0.4) is 0 Å². The third-order valence-corrected chi connectivity index (χ3v) is 2.29. The molecule has 1 saturated heterocycles. The summed E-state index contributed by atoms with van der Waals surface area (Å²) in [6, 6.07) is 1.81. The molecule has 0 unspecified atom stereocenters. The van der Waals surface area contributed by atoms with Crippen molar-refractivity contribution in [2.45, 2.75) is 45.8 Å². The molecule has 2 atom stereocenters. The van der Waals surface area contributed by atoms with Gasteiger partial charge in [0.15, 0.2) is 0 Å². The fourth-order valence-corrected chi connectivity index (χ4v) is 1.69. The minimum atomic E-state index is -0.497. The van der Waals surface area contributed by atoms with Crippen LogP contribution in [0.2, 0.25) is 0 Å². The molecule has 1 fully saturated rings. The van der Waals surface area contributed by atoms with Crippen LogP contribution in [0, 0.1) is 17.2 Å². The van der Waals surface area contributed by atoms with Gasteiger partial charge in [0.05, 0.1) is 6.07 Å². The number of nitrogens with zero attached hydrogens (tertiary/aromatic N) is 2. The zero-order chi connectivity index (χ0) is 11.6. The number of amides is 1. The molecule has 0 spiro atoms. The number of nitriles is 1. The molecule has 1 aliphatic rings. The second-order valence-electron chi connectivity index (χ2n) is 5.12. The van der Waals surface area contributed by atoms with Gasteiger partial charge in [-0.25, -0.2) is 4.79 Å². The van der Waals surface area contributed by atoms with Gasteiger partial charge in [-0.15, -0.1) is 0 Å². The molecule has 4 nitrogen and oxygen atoms in total. The molecule has 1 rings (SSSR count). The maximum absolute atomic E-state index is 11.7. The van der Waals surface area contributed by atoms with E-state index in [1.54, 1.807) is 0 Å². The van der Waals surface area contributed by atoms with Gasteiger partial charge in [0.1, 0.15) is 11.6 Å². The van der Waals surface area contributed by atoms with Crippen molar-refractivity contribution in [1.82, 2.24) is 4.90 Å². The Balaban J connectivity index is 2.64. The maximum atomic E-state index is 11.7. The highest BCUT2D eigenvalue weighted by Crippen LogP contribution is 2.24. The number of hydrogen-bond acceptors (Lipinski definition) is 3.